The third-order valence-electron chi connectivity index (χ3n) is 5.74. The van der Waals surface area contributed by atoms with Crippen molar-refractivity contribution in [3.8, 4) is 0 Å². The Hall–Kier alpha value is -0.830. The third-order valence-corrected chi connectivity index (χ3v) is 5.74. The molecule has 3 atom stereocenters. The highest BCUT2D eigenvalue weighted by Gasteiger charge is 2.35. The molecular weight excluding hydrogens is 246 g/mol. The Morgan fingerprint density at radius 2 is 2.00 bits per heavy atom. The molecule has 1 aromatic rings. The smallest absolute Gasteiger partial charge is 0.0951 e. The largest absolute Gasteiger partial charge is 0.331 e. The van der Waals surface area contributed by atoms with Crippen LogP contribution in [-0.2, 0) is 5.41 Å². The zero-order chi connectivity index (χ0) is 14.2. The van der Waals surface area contributed by atoms with Gasteiger partial charge in [0, 0.05) is 23.3 Å². The molecule has 0 amide bonds. The maximum Gasteiger partial charge on any atom is 0.0951 e. The van der Waals surface area contributed by atoms with E-state index in [9.17, 15) is 0 Å². The van der Waals surface area contributed by atoms with Crippen molar-refractivity contribution < 1.29 is 0 Å². The minimum Gasteiger partial charge on any atom is -0.331 e. The van der Waals surface area contributed by atoms with Crippen molar-refractivity contribution in [2.45, 2.75) is 64.3 Å². The first-order valence-corrected chi connectivity index (χ1v) is 8.33. The first kappa shape index (κ1) is 14.1. The average Bonchev–Trinajstić information content (AvgIpc) is 2.89. The molecule has 0 aromatic carbocycles. The van der Waals surface area contributed by atoms with Gasteiger partial charge in [-0.2, -0.15) is 0 Å². The first-order chi connectivity index (χ1) is 9.60. The first-order valence-electron chi connectivity index (χ1n) is 8.33. The lowest BCUT2D eigenvalue weighted by Gasteiger charge is -2.39. The maximum atomic E-state index is 4.51. The second kappa shape index (κ2) is 5.51. The van der Waals surface area contributed by atoms with Crippen LogP contribution in [0.5, 0.6) is 0 Å². The highest BCUT2D eigenvalue weighted by atomic mass is 15.1. The molecule has 1 N–H and O–H groups in total. The highest BCUT2D eigenvalue weighted by molar-refractivity contribution is 5.17. The molecule has 0 bridgehead atoms. The van der Waals surface area contributed by atoms with E-state index in [4.69, 9.17) is 0 Å². The molecule has 0 radical (unpaired) electrons. The predicted octanol–water partition coefficient (Wildman–Crippen LogP) is 3.52. The molecule has 112 valence electrons. The molecule has 20 heavy (non-hydrogen) atoms. The summed E-state index contributed by atoms with van der Waals surface area (Å²) < 4.78 is 2.53. The number of imidazole rings is 1. The number of hydrogen-bond acceptors (Lipinski definition) is 2. The van der Waals surface area contributed by atoms with Crippen molar-refractivity contribution in [3.63, 3.8) is 0 Å². The number of piperidine rings is 1. The van der Waals surface area contributed by atoms with Gasteiger partial charge in [-0.25, -0.2) is 4.98 Å². The summed E-state index contributed by atoms with van der Waals surface area (Å²) in [4.78, 5) is 4.51. The quantitative estimate of drug-likeness (QED) is 0.895. The molecule has 1 saturated carbocycles. The standard InChI is InChI=1S/C17H29N3/c1-13-4-5-15(14(2)10-13)20-12-19-11-16(20)17(3)6-8-18-9-7-17/h11-15,18H,4-10H2,1-3H3. The summed E-state index contributed by atoms with van der Waals surface area (Å²) in [6.07, 6.45) is 10.7. The van der Waals surface area contributed by atoms with Gasteiger partial charge < -0.3 is 9.88 Å². The molecule has 3 heteroatoms. The lowest BCUT2D eigenvalue weighted by atomic mass is 9.76. The van der Waals surface area contributed by atoms with Gasteiger partial charge in [0.05, 0.1) is 6.33 Å². The van der Waals surface area contributed by atoms with Crippen LogP contribution in [0.4, 0.5) is 0 Å². The number of nitrogens with zero attached hydrogens (tertiary/aromatic N) is 2. The Kier molecular flexibility index (Phi) is 3.89. The molecular formula is C17H29N3. The van der Waals surface area contributed by atoms with Crippen LogP contribution in [0.15, 0.2) is 12.5 Å². The van der Waals surface area contributed by atoms with Gasteiger partial charge in [-0.15, -0.1) is 0 Å². The van der Waals surface area contributed by atoms with E-state index in [2.05, 4.69) is 48.2 Å². The normalized spacial score (nSPS) is 34.0. The molecule has 2 fully saturated rings. The Balaban J connectivity index is 1.86. The fourth-order valence-electron chi connectivity index (χ4n) is 4.33. The van der Waals surface area contributed by atoms with Crippen molar-refractivity contribution in [2.24, 2.45) is 11.8 Å². The number of rotatable bonds is 2. The van der Waals surface area contributed by atoms with Crippen LogP contribution in [0.2, 0.25) is 0 Å². The van der Waals surface area contributed by atoms with E-state index in [0.29, 0.717) is 11.5 Å². The SMILES string of the molecule is CC1CCC(n2cncc2C2(C)CCNCC2)C(C)C1. The van der Waals surface area contributed by atoms with E-state index in [0.717, 1.165) is 24.9 Å². The summed E-state index contributed by atoms with van der Waals surface area (Å²) in [7, 11) is 0. The Bertz CT molecular complexity index is 445. The van der Waals surface area contributed by atoms with Crippen LogP contribution in [0.3, 0.4) is 0 Å². The van der Waals surface area contributed by atoms with E-state index in [1.807, 2.05) is 0 Å². The van der Waals surface area contributed by atoms with Crippen molar-refractivity contribution >= 4 is 0 Å². The summed E-state index contributed by atoms with van der Waals surface area (Å²) in [5.41, 5.74) is 1.79. The maximum absolute atomic E-state index is 4.51. The Morgan fingerprint density at radius 3 is 2.70 bits per heavy atom. The number of hydrogen-bond donors (Lipinski definition) is 1. The Morgan fingerprint density at radius 1 is 1.25 bits per heavy atom. The van der Waals surface area contributed by atoms with Crippen LogP contribution in [0.1, 0.15) is 64.6 Å². The minimum atomic E-state index is 0.310. The van der Waals surface area contributed by atoms with E-state index in [-0.39, 0.29) is 0 Å². The van der Waals surface area contributed by atoms with E-state index >= 15 is 0 Å². The zero-order valence-electron chi connectivity index (χ0n) is 13.2. The van der Waals surface area contributed by atoms with Gasteiger partial charge in [-0.1, -0.05) is 20.8 Å². The van der Waals surface area contributed by atoms with Crippen molar-refractivity contribution in [1.29, 1.82) is 0 Å². The van der Waals surface area contributed by atoms with Crippen LogP contribution in [-0.4, -0.2) is 22.6 Å². The average molecular weight is 275 g/mol. The van der Waals surface area contributed by atoms with Crippen LogP contribution in [0.25, 0.3) is 0 Å². The zero-order valence-corrected chi connectivity index (χ0v) is 13.2. The molecule has 0 spiro atoms. The van der Waals surface area contributed by atoms with Crippen molar-refractivity contribution in [1.82, 2.24) is 14.9 Å². The summed E-state index contributed by atoms with van der Waals surface area (Å²) in [5, 5.41) is 3.49. The Labute approximate surface area is 123 Å². The van der Waals surface area contributed by atoms with Gasteiger partial charge >= 0.3 is 0 Å². The van der Waals surface area contributed by atoms with Gasteiger partial charge in [0.2, 0.25) is 0 Å². The van der Waals surface area contributed by atoms with Gasteiger partial charge in [-0.3, -0.25) is 0 Å². The van der Waals surface area contributed by atoms with Crippen LogP contribution in [0, 0.1) is 11.8 Å². The third kappa shape index (κ3) is 2.52. The lowest BCUT2D eigenvalue weighted by Crippen LogP contribution is -2.40. The van der Waals surface area contributed by atoms with Crippen LogP contribution < -0.4 is 5.32 Å². The van der Waals surface area contributed by atoms with E-state index in [1.54, 1.807) is 0 Å². The lowest BCUT2D eigenvalue weighted by molar-refractivity contribution is 0.194. The number of nitrogens with one attached hydrogen (secondary N) is 1. The van der Waals surface area contributed by atoms with E-state index in [1.165, 1.54) is 37.8 Å². The van der Waals surface area contributed by atoms with Gasteiger partial charge in [0.25, 0.3) is 0 Å². The summed E-state index contributed by atoms with van der Waals surface area (Å²) >= 11 is 0. The topological polar surface area (TPSA) is 29.9 Å². The molecule has 3 rings (SSSR count). The second-order valence-corrected chi connectivity index (χ2v) is 7.46. The minimum absolute atomic E-state index is 0.310. The molecule has 1 aliphatic heterocycles. The fraction of sp³-hybridized carbons (Fsp3) is 0.824. The van der Waals surface area contributed by atoms with Gasteiger partial charge in [-0.05, 0) is 57.0 Å². The summed E-state index contributed by atoms with van der Waals surface area (Å²) in [6.45, 7) is 9.53. The molecule has 1 aliphatic carbocycles. The molecule has 1 saturated heterocycles. The van der Waals surface area contributed by atoms with Gasteiger partial charge in [0.15, 0.2) is 0 Å². The summed E-state index contributed by atoms with van der Waals surface area (Å²) in [6, 6.07) is 0.662. The monoisotopic (exact) mass is 275 g/mol. The van der Waals surface area contributed by atoms with E-state index < -0.39 is 0 Å². The predicted molar refractivity (Wildman–Crippen MR) is 82.9 cm³/mol. The summed E-state index contributed by atoms with van der Waals surface area (Å²) in [5.74, 6) is 1.67. The molecule has 3 unspecified atom stereocenters. The van der Waals surface area contributed by atoms with Crippen molar-refractivity contribution in [3.05, 3.63) is 18.2 Å². The van der Waals surface area contributed by atoms with Crippen molar-refractivity contribution in [2.75, 3.05) is 13.1 Å². The fourth-order valence-corrected chi connectivity index (χ4v) is 4.33. The molecule has 3 nitrogen and oxygen atoms in total. The van der Waals surface area contributed by atoms with Gasteiger partial charge in [0.1, 0.15) is 0 Å². The second-order valence-electron chi connectivity index (χ2n) is 7.46. The molecule has 2 heterocycles. The number of aromatic nitrogens is 2. The molecule has 1 aromatic heterocycles. The van der Waals surface area contributed by atoms with Crippen LogP contribution >= 0.6 is 0 Å². The highest BCUT2D eigenvalue weighted by Crippen LogP contribution is 2.41. The molecule has 2 aliphatic rings.